The zero-order valence-electron chi connectivity index (χ0n) is 21.8. The number of rotatable bonds is 6. The largest absolute Gasteiger partial charge is 0.480 e. The molecule has 2 saturated heterocycles. The third kappa shape index (κ3) is 5.64. The van der Waals surface area contributed by atoms with E-state index in [2.05, 4.69) is 19.7 Å². The average molecular weight is 585 g/mol. The normalized spacial score (nSPS) is 19.5. The number of hydrogen-bond acceptors (Lipinski definition) is 9. The topological polar surface area (TPSA) is 126 Å². The van der Waals surface area contributed by atoms with Gasteiger partial charge in [0.2, 0.25) is 17.9 Å². The van der Waals surface area contributed by atoms with Crippen molar-refractivity contribution in [1.82, 2.24) is 19.7 Å². The van der Waals surface area contributed by atoms with Crippen molar-refractivity contribution in [2.24, 2.45) is 5.41 Å². The van der Waals surface area contributed by atoms with Gasteiger partial charge >= 0.3 is 12.1 Å². The fraction of sp³-hybridized carbons (Fsp3) is 0.357. The van der Waals surface area contributed by atoms with Crippen molar-refractivity contribution in [3.05, 3.63) is 60.3 Å². The molecule has 0 radical (unpaired) electrons. The van der Waals surface area contributed by atoms with Crippen molar-refractivity contribution in [1.29, 1.82) is 0 Å². The van der Waals surface area contributed by atoms with Gasteiger partial charge in [0.25, 0.3) is 0 Å². The number of aromatic nitrogens is 3. The Labute approximate surface area is 237 Å². The summed E-state index contributed by atoms with van der Waals surface area (Å²) in [6.45, 7) is 1.73. The molecule has 2 aromatic heterocycles. The number of carbonyl (C=O) groups is 1. The molecule has 4 heterocycles. The van der Waals surface area contributed by atoms with Gasteiger partial charge in [-0.2, -0.15) is 27.5 Å². The van der Waals surface area contributed by atoms with Crippen LogP contribution in [0, 0.1) is 5.41 Å². The van der Waals surface area contributed by atoms with E-state index in [0.717, 1.165) is 34.1 Å². The number of carboxylic acid groups (broad SMARTS) is 1. The highest BCUT2D eigenvalue weighted by molar-refractivity contribution is 7.13. The summed E-state index contributed by atoms with van der Waals surface area (Å²) >= 11 is 1.36. The van der Waals surface area contributed by atoms with E-state index >= 15 is 0 Å². The molecule has 1 unspecified atom stereocenters. The molecule has 214 valence electrons. The molecule has 2 atom stereocenters. The maximum atomic E-state index is 14.2. The number of benzene rings is 2. The third-order valence-corrected chi connectivity index (χ3v) is 8.71. The van der Waals surface area contributed by atoms with Gasteiger partial charge < -0.3 is 25.8 Å². The van der Waals surface area contributed by atoms with Crippen LogP contribution < -0.4 is 20.7 Å². The Hall–Kier alpha value is -3.97. The first-order chi connectivity index (χ1) is 19.6. The van der Waals surface area contributed by atoms with Crippen LogP contribution in [-0.2, 0) is 4.79 Å². The van der Waals surface area contributed by atoms with Crippen LogP contribution in [0.15, 0.2) is 54.7 Å². The van der Waals surface area contributed by atoms with Crippen LogP contribution in [0.2, 0.25) is 0 Å². The van der Waals surface area contributed by atoms with Gasteiger partial charge in [0.05, 0.1) is 4.70 Å². The lowest BCUT2D eigenvalue weighted by atomic mass is 9.76. The van der Waals surface area contributed by atoms with Crippen molar-refractivity contribution in [3.63, 3.8) is 0 Å². The molecule has 9 nitrogen and oxygen atoms in total. The third-order valence-electron chi connectivity index (χ3n) is 7.95. The molecule has 2 aliphatic heterocycles. The monoisotopic (exact) mass is 584 g/mol. The van der Waals surface area contributed by atoms with Crippen LogP contribution in [0.4, 0.5) is 24.9 Å². The molecule has 2 fully saturated rings. The number of aliphatic carboxylic acids is 1. The minimum Gasteiger partial charge on any atom is -0.480 e. The van der Waals surface area contributed by atoms with Gasteiger partial charge in [-0.15, -0.1) is 0 Å². The van der Waals surface area contributed by atoms with E-state index in [-0.39, 0.29) is 22.8 Å². The summed E-state index contributed by atoms with van der Waals surface area (Å²) in [5.74, 6) is -0.955. The summed E-state index contributed by atoms with van der Waals surface area (Å²) in [6, 6.07) is 12.7. The first-order valence-corrected chi connectivity index (χ1v) is 13.9. The van der Waals surface area contributed by atoms with Gasteiger partial charge in [-0.05, 0) is 53.4 Å². The second kappa shape index (κ2) is 10.5. The van der Waals surface area contributed by atoms with Crippen molar-refractivity contribution in [2.45, 2.75) is 37.6 Å². The highest BCUT2D eigenvalue weighted by Gasteiger charge is 2.45. The number of halogens is 3. The smallest absolute Gasteiger partial charge is 0.429 e. The molecule has 4 N–H and O–H groups in total. The summed E-state index contributed by atoms with van der Waals surface area (Å²) in [4.78, 5) is 21.5. The maximum absolute atomic E-state index is 14.2. The fourth-order valence-electron chi connectivity index (χ4n) is 5.67. The lowest BCUT2D eigenvalue weighted by molar-refractivity contribution is -0.198. The van der Waals surface area contributed by atoms with E-state index in [9.17, 15) is 23.1 Å². The molecule has 2 aliphatic rings. The lowest BCUT2D eigenvalue weighted by Gasteiger charge is -2.39. The van der Waals surface area contributed by atoms with Gasteiger partial charge in [-0.1, -0.05) is 36.4 Å². The number of ether oxygens (including phenoxy) is 1. The van der Waals surface area contributed by atoms with E-state index < -0.39 is 24.3 Å². The highest BCUT2D eigenvalue weighted by atomic mass is 32.1. The molecule has 13 heteroatoms. The molecule has 0 amide bonds. The Kier molecular flexibility index (Phi) is 6.94. The minimum atomic E-state index is -4.71. The predicted molar refractivity (Wildman–Crippen MR) is 149 cm³/mol. The molecule has 0 bridgehead atoms. The summed E-state index contributed by atoms with van der Waals surface area (Å²) in [7, 11) is 0. The Morgan fingerprint density at radius 1 is 1.12 bits per heavy atom. The number of nitrogens with one attached hydrogen (secondary N) is 1. The van der Waals surface area contributed by atoms with Crippen LogP contribution >= 0.6 is 11.5 Å². The molecule has 41 heavy (non-hydrogen) atoms. The number of alkyl halides is 3. The van der Waals surface area contributed by atoms with E-state index in [0.29, 0.717) is 31.9 Å². The number of piperidine rings is 1. The Bertz CT molecular complexity index is 1570. The van der Waals surface area contributed by atoms with E-state index in [1.807, 2.05) is 23.1 Å². The number of anilines is 2. The summed E-state index contributed by atoms with van der Waals surface area (Å²) < 4.78 is 53.2. The number of fused-ring (bicyclic) bond motifs is 1. The fourth-order valence-corrected chi connectivity index (χ4v) is 6.36. The second-order valence-corrected chi connectivity index (χ2v) is 11.5. The van der Waals surface area contributed by atoms with Crippen molar-refractivity contribution >= 4 is 39.4 Å². The predicted octanol–water partition coefficient (Wildman–Crippen LogP) is 5.05. The van der Waals surface area contributed by atoms with Crippen LogP contribution in [0.25, 0.3) is 21.2 Å². The van der Waals surface area contributed by atoms with Gasteiger partial charge in [0.1, 0.15) is 11.9 Å². The quantitative estimate of drug-likeness (QED) is 0.285. The van der Waals surface area contributed by atoms with E-state index in [1.165, 1.54) is 29.7 Å². The first kappa shape index (κ1) is 27.2. The highest BCUT2D eigenvalue weighted by Crippen LogP contribution is 2.41. The second-order valence-electron chi connectivity index (χ2n) is 10.6. The molecular weight excluding hydrogens is 557 g/mol. The van der Waals surface area contributed by atoms with Crippen molar-refractivity contribution in [3.8, 4) is 17.0 Å². The molecule has 4 aromatic rings. The molecule has 6 rings (SSSR count). The zero-order chi connectivity index (χ0) is 28.8. The molecule has 0 saturated carbocycles. The van der Waals surface area contributed by atoms with Crippen LogP contribution in [-0.4, -0.2) is 57.3 Å². The Morgan fingerprint density at radius 3 is 2.54 bits per heavy atom. The number of nitrogens with two attached hydrogens (primary N) is 1. The standard InChI is InChI=1S/C28H27F3N6O3S/c29-28(30,31)24(17-3-1-16(2-4-17)18-5-6-19-14-34-41-21(19)11-18)40-23-12-22(35-26(32)36-23)37-9-7-27(8-10-37)13-20(25(38)39)33-15-27/h1-6,11-12,14,20,24,33H,7-10,13,15H2,(H,38,39)(H2,32,35,36)/t20?,24-/m1/s1. The van der Waals surface area contributed by atoms with Crippen LogP contribution in [0.1, 0.15) is 30.9 Å². The minimum absolute atomic E-state index is 0.0690. The van der Waals surface area contributed by atoms with Gasteiger partial charge in [-0.3, -0.25) is 4.79 Å². The van der Waals surface area contributed by atoms with Gasteiger partial charge in [0, 0.05) is 42.8 Å². The van der Waals surface area contributed by atoms with Crippen molar-refractivity contribution < 1.29 is 27.8 Å². The Balaban J connectivity index is 1.19. The summed E-state index contributed by atoms with van der Waals surface area (Å²) in [5.41, 5.74) is 7.33. The molecule has 0 aliphatic carbocycles. The lowest BCUT2D eigenvalue weighted by Crippen LogP contribution is -2.41. The maximum Gasteiger partial charge on any atom is 0.429 e. The van der Waals surface area contributed by atoms with Gasteiger partial charge in [0.15, 0.2) is 0 Å². The molecular formula is C28H27F3N6O3S. The first-order valence-electron chi connectivity index (χ1n) is 13.1. The summed E-state index contributed by atoms with van der Waals surface area (Å²) in [5, 5.41) is 13.4. The zero-order valence-corrected chi connectivity index (χ0v) is 22.6. The van der Waals surface area contributed by atoms with Gasteiger partial charge in [-0.25, -0.2) is 0 Å². The Morgan fingerprint density at radius 2 is 1.85 bits per heavy atom. The molecule has 2 aromatic carbocycles. The van der Waals surface area contributed by atoms with Crippen molar-refractivity contribution in [2.75, 3.05) is 30.3 Å². The van der Waals surface area contributed by atoms with Crippen LogP contribution in [0.3, 0.4) is 0 Å². The summed E-state index contributed by atoms with van der Waals surface area (Å²) in [6.07, 6.45) is -3.22. The van der Waals surface area contributed by atoms with E-state index in [4.69, 9.17) is 10.5 Å². The molecule has 1 spiro atoms. The van der Waals surface area contributed by atoms with Crippen LogP contribution in [0.5, 0.6) is 5.88 Å². The average Bonchev–Trinajstić information content (AvgIpc) is 3.58. The number of nitrogen functional groups attached to an aromatic ring is 1. The van der Waals surface area contributed by atoms with E-state index in [1.54, 1.807) is 18.3 Å². The number of carboxylic acids is 1. The number of hydrogen-bond donors (Lipinski definition) is 3. The SMILES string of the molecule is Nc1nc(O[C@H](c2ccc(-c3ccc4cnsc4c3)cc2)C(F)(F)F)cc(N2CCC3(CC2)CNC(C(=O)O)C3)n1. The number of nitrogens with zero attached hydrogens (tertiary/aromatic N) is 4.